The molecule has 280 valence electrons. The zero-order valence-electron chi connectivity index (χ0n) is 33.6. The molecule has 0 amide bonds. The predicted octanol–water partition coefficient (Wildman–Crippen LogP) is 13.8. The summed E-state index contributed by atoms with van der Waals surface area (Å²) in [6.45, 7) is 9.44. The number of hydrogen-bond donors (Lipinski definition) is 1. The quantitative estimate of drug-likeness (QED) is 0.128. The van der Waals surface area contributed by atoms with Gasteiger partial charge >= 0.3 is 0 Å². The number of amidine groups is 1. The van der Waals surface area contributed by atoms with Crippen LogP contribution in [0.25, 0.3) is 61.0 Å². The molecule has 2 heteroatoms. The van der Waals surface area contributed by atoms with Crippen molar-refractivity contribution in [2.45, 2.75) is 44.9 Å². The van der Waals surface area contributed by atoms with Gasteiger partial charge < -0.3 is 5.73 Å². The van der Waals surface area contributed by atoms with Gasteiger partial charge in [0.2, 0.25) is 0 Å². The van der Waals surface area contributed by atoms with Gasteiger partial charge in [0.05, 0.1) is 5.70 Å². The Balaban J connectivity index is 1.09. The molecule has 0 saturated heterocycles. The maximum atomic E-state index is 6.82. The van der Waals surface area contributed by atoms with Crippen molar-refractivity contribution in [2.24, 2.45) is 10.7 Å². The molecule has 2 nitrogen and oxygen atoms in total. The van der Waals surface area contributed by atoms with Gasteiger partial charge in [-0.1, -0.05) is 191 Å². The monoisotopic (exact) mass is 746 g/mol. The summed E-state index contributed by atoms with van der Waals surface area (Å²) in [5, 5.41) is 2.54. The zero-order chi connectivity index (χ0) is 39.6. The summed E-state index contributed by atoms with van der Waals surface area (Å²) in [4.78, 5) is 5.20. The lowest BCUT2D eigenvalue weighted by Gasteiger charge is -2.25. The number of hydrogen-bond acceptors (Lipinski definition) is 1. The second kappa shape index (κ2) is 13.7. The van der Waals surface area contributed by atoms with Gasteiger partial charge in [-0.25, -0.2) is 4.99 Å². The summed E-state index contributed by atoms with van der Waals surface area (Å²) in [5.41, 5.74) is 26.3. The largest absolute Gasteiger partial charge is 0.383 e. The molecule has 58 heavy (non-hydrogen) atoms. The van der Waals surface area contributed by atoms with Crippen LogP contribution in [0.2, 0.25) is 0 Å². The van der Waals surface area contributed by atoms with E-state index in [9.17, 15) is 0 Å². The lowest BCUT2D eigenvalue weighted by molar-refractivity contribution is 0.661. The third-order valence-corrected chi connectivity index (χ3v) is 12.7. The molecule has 8 aromatic rings. The molecule has 0 atom stereocenters. The first kappa shape index (κ1) is 35.6. The van der Waals surface area contributed by atoms with Gasteiger partial charge in [-0.05, 0) is 108 Å². The summed E-state index contributed by atoms with van der Waals surface area (Å²) in [6, 6.07) is 63.7. The highest BCUT2D eigenvalue weighted by Gasteiger charge is 2.38. The maximum Gasteiger partial charge on any atom is 0.131 e. The van der Waals surface area contributed by atoms with Gasteiger partial charge in [0.15, 0.2) is 0 Å². The van der Waals surface area contributed by atoms with E-state index in [0.29, 0.717) is 12.3 Å². The molecular formula is C56H46N2. The van der Waals surface area contributed by atoms with Crippen molar-refractivity contribution in [1.29, 1.82) is 0 Å². The van der Waals surface area contributed by atoms with Gasteiger partial charge in [0.25, 0.3) is 0 Å². The molecule has 2 aliphatic rings. The van der Waals surface area contributed by atoms with E-state index < -0.39 is 0 Å². The first-order chi connectivity index (χ1) is 28.2. The Hall–Kier alpha value is -6.77. The van der Waals surface area contributed by atoms with Crippen LogP contribution in [0.4, 0.5) is 0 Å². The Morgan fingerprint density at radius 1 is 0.483 bits per heavy atom. The first-order valence-electron chi connectivity index (χ1n) is 20.4. The lowest BCUT2D eigenvalue weighted by atomic mass is 9.78. The number of rotatable bonds is 7. The van der Waals surface area contributed by atoms with Crippen molar-refractivity contribution < 1.29 is 0 Å². The van der Waals surface area contributed by atoms with E-state index in [0.717, 1.165) is 22.4 Å². The van der Waals surface area contributed by atoms with E-state index in [1.807, 2.05) is 30.3 Å². The summed E-state index contributed by atoms with van der Waals surface area (Å²) in [6.07, 6.45) is 2.95. The van der Waals surface area contributed by atoms with E-state index in [-0.39, 0.29) is 10.8 Å². The van der Waals surface area contributed by atoms with E-state index in [1.54, 1.807) is 0 Å². The van der Waals surface area contributed by atoms with Gasteiger partial charge in [-0.15, -0.1) is 0 Å². The molecule has 0 fully saturated rings. The van der Waals surface area contributed by atoms with Crippen LogP contribution in [0, 0.1) is 0 Å². The van der Waals surface area contributed by atoms with Crippen LogP contribution in [0.5, 0.6) is 0 Å². The van der Waals surface area contributed by atoms with Crippen molar-refractivity contribution >= 4 is 22.3 Å². The minimum atomic E-state index is -0.119. The highest BCUT2D eigenvalue weighted by atomic mass is 14.9. The first-order valence-corrected chi connectivity index (χ1v) is 20.4. The van der Waals surface area contributed by atoms with E-state index in [2.05, 4.69) is 179 Å². The molecule has 0 heterocycles. The number of nitrogens with zero attached hydrogens (tertiary/aromatic N) is 1. The standard InChI is InChI=1S/C56H46N2/c1-55(2)49-30-16-26-43(52(49)47-34-38-20-8-9-21-39(38)35-50(47)55)40-22-14-23-41(33-40)51(58-54(57)37-18-6-5-7-19-37)32-31-36-17-10-11-24-42(36)45-27-15-28-46-44-25-12-13-29-48(44)56(3,4)53(45)46/h5-30,32-35H,31H2,1-4H3,(H2,57,58)/b51-32-. The van der Waals surface area contributed by atoms with Crippen molar-refractivity contribution in [3.05, 3.63) is 221 Å². The summed E-state index contributed by atoms with van der Waals surface area (Å²) >= 11 is 0. The Morgan fingerprint density at radius 2 is 1.07 bits per heavy atom. The summed E-state index contributed by atoms with van der Waals surface area (Å²) in [7, 11) is 0. The molecule has 10 rings (SSSR count). The number of aliphatic imine (C=N–C) groups is 1. The molecule has 0 saturated carbocycles. The van der Waals surface area contributed by atoms with Crippen molar-refractivity contribution in [2.75, 3.05) is 0 Å². The Kier molecular flexibility index (Phi) is 8.42. The van der Waals surface area contributed by atoms with Crippen LogP contribution < -0.4 is 5.73 Å². The van der Waals surface area contributed by atoms with Crippen LogP contribution in [0.3, 0.4) is 0 Å². The second-order valence-electron chi connectivity index (χ2n) is 16.9. The van der Waals surface area contributed by atoms with Crippen molar-refractivity contribution in [3.8, 4) is 44.5 Å². The minimum Gasteiger partial charge on any atom is -0.383 e. The average Bonchev–Trinajstić information content (AvgIpc) is 3.64. The highest BCUT2D eigenvalue weighted by molar-refractivity contribution is 6.01. The van der Waals surface area contributed by atoms with Crippen molar-refractivity contribution in [3.63, 3.8) is 0 Å². The van der Waals surface area contributed by atoms with Crippen molar-refractivity contribution in [1.82, 2.24) is 0 Å². The van der Waals surface area contributed by atoms with Gasteiger partial charge in [0, 0.05) is 22.0 Å². The van der Waals surface area contributed by atoms with Gasteiger partial charge in [-0.2, -0.15) is 0 Å². The number of fused-ring (bicyclic) bond motifs is 7. The van der Waals surface area contributed by atoms with Crippen LogP contribution in [0.15, 0.2) is 187 Å². The predicted molar refractivity (Wildman–Crippen MR) is 245 cm³/mol. The van der Waals surface area contributed by atoms with Crippen LogP contribution in [0.1, 0.15) is 66.6 Å². The zero-order valence-corrected chi connectivity index (χ0v) is 33.6. The van der Waals surface area contributed by atoms with E-state index in [1.165, 1.54) is 77.5 Å². The highest BCUT2D eigenvalue weighted by Crippen LogP contribution is 2.54. The van der Waals surface area contributed by atoms with E-state index >= 15 is 0 Å². The fourth-order valence-corrected chi connectivity index (χ4v) is 9.83. The van der Waals surface area contributed by atoms with Crippen LogP contribution >= 0.6 is 0 Å². The SMILES string of the molecule is CC1(C)c2cc3ccccc3cc2-c2c(-c3cccc(/C(=C/Cc4ccccc4-c4cccc5c4C(C)(C)c4ccccc4-5)N=C(N)c4ccccc4)c3)cccc21. The molecule has 0 bridgehead atoms. The Morgan fingerprint density at radius 3 is 1.88 bits per heavy atom. The number of benzene rings is 8. The summed E-state index contributed by atoms with van der Waals surface area (Å²) < 4.78 is 0. The summed E-state index contributed by atoms with van der Waals surface area (Å²) in [5.74, 6) is 0.495. The molecule has 8 aromatic carbocycles. The maximum absolute atomic E-state index is 6.82. The fourth-order valence-electron chi connectivity index (χ4n) is 9.83. The topological polar surface area (TPSA) is 38.4 Å². The Labute approximate surface area is 342 Å². The molecule has 0 aliphatic heterocycles. The normalized spacial score (nSPS) is 14.8. The van der Waals surface area contributed by atoms with Gasteiger partial charge in [-0.3, -0.25) is 0 Å². The molecule has 0 spiro atoms. The molecule has 2 N–H and O–H groups in total. The molecule has 0 radical (unpaired) electrons. The number of nitrogens with two attached hydrogens (primary N) is 1. The molecule has 0 aromatic heterocycles. The molecule has 2 aliphatic carbocycles. The third kappa shape index (κ3) is 5.74. The lowest BCUT2D eigenvalue weighted by Crippen LogP contribution is -2.16. The molecule has 0 unspecified atom stereocenters. The Bertz CT molecular complexity index is 2980. The fraction of sp³-hybridized carbons (Fsp3) is 0.125. The smallest absolute Gasteiger partial charge is 0.131 e. The second-order valence-corrected chi connectivity index (χ2v) is 16.9. The minimum absolute atomic E-state index is 0.119. The number of allylic oxidation sites excluding steroid dienone is 1. The van der Waals surface area contributed by atoms with Gasteiger partial charge in [0.1, 0.15) is 5.84 Å². The van der Waals surface area contributed by atoms with E-state index in [4.69, 9.17) is 10.7 Å². The third-order valence-electron chi connectivity index (χ3n) is 12.7. The average molecular weight is 747 g/mol. The van der Waals surface area contributed by atoms with Crippen LogP contribution in [-0.4, -0.2) is 5.84 Å². The van der Waals surface area contributed by atoms with Crippen LogP contribution in [-0.2, 0) is 17.3 Å². The molecular weight excluding hydrogens is 701 g/mol.